The first-order chi connectivity index (χ1) is 10.8. The van der Waals surface area contributed by atoms with Gasteiger partial charge in [-0.25, -0.2) is 4.99 Å². The molecule has 0 aliphatic heterocycles. The number of benzene rings is 2. The quantitative estimate of drug-likeness (QED) is 0.818. The molecular weight excluding hydrogens is 268 g/mol. The molecule has 0 aromatic heterocycles. The van der Waals surface area contributed by atoms with Crippen LogP contribution in [0, 0.1) is 0 Å². The van der Waals surface area contributed by atoms with E-state index in [1.54, 1.807) is 0 Å². The maximum absolute atomic E-state index is 5.82. The molecule has 0 radical (unpaired) electrons. The van der Waals surface area contributed by atoms with Gasteiger partial charge in [0.15, 0.2) is 5.71 Å². The van der Waals surface area contributed by atoms with Gasteiger partial charge in [-0.1, -0.05) is 42.5 Å². The summed E-state index contributed by atoms with van der Waals surface area (Å²) in [6, 6.07) is 18.5. The molecule has 0 saturated heterocycles. The Labute approximate surface area is 131 Å². The highest BCUT2D eigenvalue weighted by Gasteiger charge is 2.11. The molecular formula is C20H19N2+. The molecule has 3 rings (SSSR count). The van der Waals surface area contributed by atoms with Crippen molar-refractivity contribution >= 4 is 17.0 Å². The van der Waals surface area contributed by atoms with Crippen molar-refractivity contribution < 1.29 is 4.99 Å². The van der Waals surface area contributed by atoms with Crippen LogP contribution in [0.2, 0.25) is 0 Å². The van der Waals surface area contributed by atoms with E-state index in [0.717, 1.165) is 17.0 Å². The molecule has 2 heteroatoms. The van der Waals surface area contributed by atoms with Crippen LogP contribution in [0.4, 0.5) is 5.69 Å². The number of rotatable bonds is 2. The van der Waals surface area contributed by atoms with E-state index in [0.29, 0.717) is 0 Å². The van der Waals surface area contributed by atoms with Crippen LogP contribution in [0.5, 0.6) is 0 Å². The van der Waals surface area contributed by atoms with Crippen molar-refractivity contribution in [1.29, 1.82) is 0 Å². The van der Waals surface area contributed by atoms with Crippen molar-refractivity contribution in [3.63, 3.8) is 0 Å². The maximum atomic E-state index is 5.82. The fraction of sp³-hybridized carbons (Fsp3) is 0.0500. The van der Waals surface area contributed by atoms with Crippen LogP contribution in [-0.4, -0.2) is 12.8 Å². The Morgan fingerprint density at radius 1 is 0.773 bits per heavy atom. The second-order valence-corrected chi connectivity index (χ2v) is 5.19. The summed E-state index contributed by atoms with van der Waals surface area (Å²) in [5.74, 6) is 0. The van der Waals surface area contributed by atoms with Gasteiger partial charge in [0, 0.05) is 17.8 Å². The zero-order valence-electron chi connectivity index (χ0n) is 12.6. The molecule has 0 unspecified atom stereocenters. The zero-order valence-corrected chi connectivity index (χ0v) is 12.6. The average Bonchev–Trinajstić information content (AvgIpc) is 2.58. The minimum Gasteiger partial charge on any atom is -0.399 e. The van der Waals surface area contributed by atoms with Gasteiger partial charge in [-0.05, 0) is 46.6 Å². The molecule has 0 bridgehead atoms. The number of anilines is 1. The second kappa shape index (κ2) is 6.27. The highest BCUT2D eigenvalue weighted by atomic mass is 14.7. The monoisotopic (exact) mass is 287 g/mol. The largest absolute Gasteiger partial charge is 0.399 e. The summed E-state index contributed by atoms with van der Waals surface area (Å²) in [5.41, 5.74) is 12.5. The Bertz CT molecular complexity index is 758. The lowest BCUT2D eigenvalue weighted by Crippen LogP contribution is -2.67. The predicted octanol–water partition coefficient (Wildman–Crippen LogP) is 2.35. The molecule has 0 spiro atoms. The SMILES string of the molecule is C[NH+]=C1C=CC(=C(c2ccccc2)c2ccc(N)cc2)C=C1. The highest BCUT2D eigenvalue weighted by molar-refractivity contribution is 6.03. The summed E-state index contributed by atoms with van der Waals surface area (Å²) in [6.07, 6.45) is 8.47. The maximum Gasteiger partial charge on any atom is 0.198 e. The van der Waals surface area contributed by atoms with Gasteiger partial charge in [0.2, 0.25) is 0 Å². The molecule has 108 valence electrons. The fourth-order valence-electron chi connectivity index (χ4n) is 2.56. The molecule has 2 aromatic carbocycles. The topological polar surface area (TPSA) is 40.0 Å². The third kappa shape index (κ3) is 2.91. The van der Waals surface area contributed by atoms with Crippen LogP contribution < -0.4 is 10.7 Å². The molecule has 1 aliphatic rings. The van der Waals surface area contributed by atoms with E-state index in [1.807, 2.05) is 25.2 Å². The normalized spacial score (nSPS) is 13.3. The summed E-state index contributed by atoms with van der Waals surface area (Å²) >= 11 is 0. The molecule has 0 fully saturated rings. The van der Waals surface area contributed by atoms with Crippen molar-refractivity contribution in [2.45, 2.75) is 0 Å². The van der Waals surface area contributed by atoms with Crippen LogP contribution in [-0.2, 0) is 0 Å². The minimum absolute atomic E-state index is 0.779. The highest BCUT2D eigenvalue weighted by Crippen LogP contribution is 2.29. The van der Waals surface area contributed by atoms with Crippen LogP contribution >= 0.6 is 0 Å². The molecule has 2 nitrogen and oxygen atoms in total. The summed E-state index contributed by atoms with van der Waals surface area (Å²) in [7, 11) is 1.93. The third-order valence-electron chi connectivity index (χ3n) is 3.72. The standard InChI is InChI=1S/C20H18N2/c1-22-19-13-9-17(10-14-19)20(15-5-3-2-4-6-15)16-7-11-18(21)12-8-16/h2-14H,21H2,1H3/p+1. The first-order valence-electron chi connectivity index (χ1n) is 7.34. The van der Waals surface area contributed by atoms with Gasteiger partial charge in [-0.15, -0.1) is 0 Å². The van der Waals surface area contributed by atoms with E-state index in [-0.39, 0.29) is 0 Å². The van der Waals surface area contributed by atoms with Gasteiger partial charge in [-0.2, -0.15) is 0 Å². The van der Waals surface area contributed by atoms with Crippen LogP contribution in [0.1, 0.15) is 11.1 Å². The molecule has 0 heterocycles. The molecule has 0 amide bonds. The van der Waals surface area contributed by atoms with E-state index in [1.165, 1.54) is 16.7 Å². The van der Waals surface area contributed by atoms with Crippen LogP contribution in [0.15, 0.2) is 84.5 Å². The third-order valence-corrected chi connectivity index (χ3v) is 3.72. The van der Waals surface area contributed by atoms with E-state index >= 15 is 0 Å². The summed E-state index contributed by atoms with van der Waals surface area (Å²) in [5, 5.41) is 0. The Morgan fingerprint density at radius 2 is 1.36 bits per heavy atom. The van der Waals surface area contributed by atoms with Crippen molar-refractivity contribution in [3.05, 3.63) is 95.6 Å². The molecule has 1 aliphatic carbocycles. The first-order valence-corrected chi connectivity index (χ1v) is 7.34. The average molecular weight is 287 g/mol. The Morgan fingerprint density at radius 3 is 1.95 bits per heavy atom. The molecule has 22 heavy (non-hydrogen) atoms. The molecule has 0 atom stereocenters. The van der Waals surface area contributed by atoms with Gasteiger partial charge in [0.1, 0.15) is 7.05 Å². The van der Waals surface area contributed by atoms with Gasteiger partial charge in [-0.3, -0.25) is 0 Å². The number of allylic oxidation sites excluding steroid dienone is 5. The Kier molecular flexibility index (Phi) is 4.01. The lowest BCUT2D eigenvalue weighted by molar-refractivity contribution is -0.417. The summed E-state index contributed by atoms with van der Waals surface area (Å²) in [4.78, 5) is 3.15. The number of nitrogens with two attached hydrogens (primary N) is 1. The van der Waals surface area contributed by atoms with Gasteiger partial charge in [0.25, 0.3) is 0 Å². The van der Waals surface area contributed by atoms with Crippen molar-refractivity contribution in [2.24, 2.45) is 0 Å². The van der Waals surface area contributed by atoms with E-state index in [2.05, 4.69) is 65.7 Å². The Hall–Kier alpha value is -2.87. The van der Waals surface area contributed by atoms with E-state index in [9.17, 15) is 0 Å². The molecule has 0 saturated carbocycles. The minimum atomic E-state index is 0.779. The molecule has 2 aromatic rings. The lowest BCUT2D eigenvalue weighted by Gasteiger charge is -2.13. The Balaban J connectivity index is 2.17. The van der Waals surface area contributed by atoms with E-state index < -0.39 is 0 Å². The first kappa shape index (κ1) is 14.1. The fourth-order valence-corrected chi connectivity index (χ4v) is 2.56. The van der Waals surface area contributed by atoms with Gasteiger partial charge in [0.05, 0.1) is 0 Å². The molecule has 3 N–H and O–H groups in total. The van der Waals surface area contributed by atoms with Crippen molar-refractivity contribution in [3.8, 4) is 0 Å². The smallest absolute Gasteiger partial charge is 0.198 e. The predicted molar refractivity (Wildman–Crippen MR) is 93.5 cm³/mol. The lowest BCUT2D eigenvalue weighted by atomic mass is 9.91. The second-order valence-electron chi connectivity index (χ2n) is 5.19. The zero-order chi connectivity index (χ0) is 15.4. The summed E-state index contributed by atoms with van der Waals surface area (Å²) in [6.45, 7) is 0. The number of hydrogen-bond acceptors (Lipinski definition) is 1. The van der Waals surface area contributed by atoms with Crippen LogP contribution in [0.3, 0.4) is 0 Å². The van der Waals surface area contributed by atoms with Crippen LogP contribution in [0.25, 0.3) is 5.57 Å². The number of nitrogens with one attached hydrogen (secondary N) is 1. The van der Waals surface area contributed by atoms with E-state index in [4.69, 9.17) is 5.73 Å². The van der Waals surface area contributed by atoms with Gasteiger partial charge < -0.3 is 5.73 Å². The van der Waals surface area contributed by atoms with Gasteiger partial charge >= 0.3 is 0 Å². The van der Waals surface area contributed by atoms with Crippen molar-refractivity contribution in [1.82, 2.24) is 0 Å². The van der Waals surface area contributed by atoms with Crippen molar-refractivity contribution in [2.75, 3.05) is 12.8 Å². The number of nitrogen functional groups attached to an aromatic ring is 1. The number of hydrogen-bond donors (Lipinski definition) is 2. The summed E-state index contributed by atoms with van der Waals surface area (Å²) < 4.78 is 0.